The predicted molar refractivity (Wildman–Crippen MR) is 73.1 cm³/mol. The van der Waals surface area contributed by atoms with Crippen molar-refractivity contribution in [3.05, 3.63) is 32.5 Å². The van der Waals surface area contributed by atoms with Gasteiger partial charge in [-0.2, -0.15) is 0 Å². The number of anilines is 1. The Morgan fingerprint density at radius 1 is 1.50 bits per heavy atom. The number of nitrogens with one attached hydrogen (secondary N) is 1. The van der Waals surface area contributed by atoms with Gasteiger partial charge in [-0.15, -0.1) is 0 Å². The summed E-state index contributed by atoms with van der Waals surface area (Å²) in [7, 11) is 0. The van der Waals surface area contributed by atoms with E-state index in [-0.39, 0.29) is 21.9 Å². The molecule has 1 saturated carbocycles. The van der Waals surface area contributed by atoms with Gasteiger partial charge in [0.25, 0.3) is 5.69 Å². The molecule has 2 atom stereocenters. The number of benzene rings is 1. The monoisotopic (exact) mass is 346 g/mol. The van der Waals surface area contributed by atoms with Gasteiger partial charge in [0.1, 0.15) is 11.5 Å². The lowest BCUT2D eigenvalue weighted by atomic mass is 10.1. The smallest absolute Gasteiger partial charge is 0.306 e. The Bertz CT molecular complexity index is 567. The van der Waals surface area contributed by atoms with Crippen LogP contribution in [0.2, 0.25) is 0 Å². The van der Waals surface area contributed by atoms with Gasteiger partial charge in [-0.1, -0.05) is 0 Å². The summed E-state index contributed by atoms with van der Waals surface area (Å²) in [4.78, 5) is 21.1. The highest BCUT2D eigenvalue weighted by Gasteiger charge is 2.31. The number of hydrogen-bond acceptors (Lipinski definition) is 4. The zero-order valence-corrected chi connectivity index (χ0v) is 11.9. The molecule has 0 bridgehead atoms. The van der Waals surface area contributed by atoms with Gasteiger partial charge in [0.2, 0.25) is 0 Å². The molecule has 8 heteroatoms. The number of aliphatic carboxylic acids is 1. The predicted octanol–water partition coefficient (Wildman–Crippen LogP) is 3.16. The van der Waals surface area contributed by atoms with Gasteiger partial charge in [0.05, 0.1) is 21.4 Å². The van der Waals surface area contributed by atoms with Crippen molar-refractivity contribution >= 4 is 33.3 Å². The minimum Gasteiger partial charge on any atom is -0.481 e. The van der Waals surface area contributed by atoms with E-state index in [0.29, 0.717) is 19.3 Å². The third-order valence-electron chi connectivity index (χ3n) is 3.38. The third-order valence-corrected chi connectivity index (χ3v) is 3.98. The number of carbonyl (C=O) groups is 1. The molecule has 0 radical (unpaired) electrons. The van der Waals surface area contributed by atoms with Crippen molar-refractivity contribution in [2.75, 3.05) is 5.32 Å². The summed E-state index contributed by atoms with van der Waals surface area (Å²) >= 11 is 2.98. The van der Waals surface area contributed by atoms with E-state index in [1.54, 1.807) is 0 Å². The SMILES string of the molecule is O=C(O)[C@@H]1CC[C@H](Nc2cc(Br)c(F)cc2[N+](=O)[O-])C1. The highest BCUT2D eigenvalue weighted by Crippen LogP contribution is 2.34. The second-order valence-electron chi connectivity index (χ2n) is 4.73. The Hall–Kier alpha value is -1.70. The molecule has 0 amide bonds. The van der Waals surface area contributed by atoms with Gasteiger partial charge in [0, 0.05) is 6.04 Å². The Balaban J connectivity index is 2.19. The molecule has 108 valence electrons. The van der Waals surface area contributed by atoms with E-state index in [4.69, 9.17) is 5.11 Å². The highest BCUT2D eigenvalue weighted by molar-refractivity contribution is 9.10. The number of carboxylic acids is 1. The van der Waals surface area contributed by atoms with E-state index >= 15 is 0 Å². The van der Waals surface area contributed by atoms with Crippen LogP contribution in [0.25, 0.3) is 0 Å². The van der Waals surface area contributed by atoms with E-state index in [9.17, 15) is 19.3 Å². The van der Waals surface area contributed by atoms with Crippen molar-refractivity contribution in [3.8, 4) is 0 Å². The lowest BCUT2D eigenvalue weighted by molar-refractivity contribution is -0.384. The molecule has 0 aliphatic heterocycles. The molecule has 0 unspecified atom stereocenters. The first-order chi connectivity index (χ1) is 9.38. The number of nitrogens with zero attached hydrogens (tertiary/aromatic N) is 1. The lowest BCUT2D eigenvalue weighted by Crippen LogP contribution is -2.18. The number of nitro benzene ring substituents is 1. The fourth-order valence-corrected chi connectivity index (χ4v) is 2.70. The number of nitro groups is 1. The van der Waals surface area contributed by atoms with E-state index in [2.05, 4.69) is 21.2 Å². The maximum atomic E-state index is 13.3. The summed E-state index contributed by atoms with van der Waals surface area (Å²) in [6.45, 7) is 0. The van der Waals surface area contributed by atoms with E-state index in [0.717, 1.165) is 6.07 Å². The molecule has 6 nitrogen and oxygen atoms in total. The maximum Gasteiger partial charge on any atom is 0.306 e. The van der Waals surface area contributed by atoms with Crippen LogP contribution < -0.4 is 5.32 Å². The number of hydrogen-bond donors (Lipinski definition) is 2. The topological polar surface area (TPSA) is 92.5 Å². The molecule has 1 aliphatic rings. The Kier molecular flexibility index (Phi) is 4.22. The van der Waals surface area contributed by atoms with Crippen LogP contribution in [0.15, 0.2) is 16.6 Å². The summed E-state index contributed by atoms with van der Waals surface area (Å²) in [6.07, 6.45) is 1.55. The zero-order chi connectivity index (χ0) is 14.9. The normalized spacial score (nSPS) is 21.7. The number of halogens is 2. The van der Waals surface area contributed by atoms with Gasteiger partial charge in [-0.25, -0.2) is 4.39 Å². The maximum absolute atomic E-state index is 13.3. The molecule has 0 saturated heterocycles. The van der Waals surface area contributed by atoms with Crippen LogP contribution in [0.4, 0.5) is 15.8 Å². The van der Waals surface area contributed by atoms with Crippen LogP contribution >= 0.6 is 15.9 Å². The first kappa shape index (κ1) is 14.7. The van der Waals surface area contributed by atoms with Crippen LogP contribution in [0.3, 0.4) is 0 Å². The summed E-state index contributed by atoms with van der Waals surface area (Å²) in [5.74, 6) is -2.00. The van der Waals surface area contributed by atoms with Gasteiger partial charge >= 0.3 is 5.97 Å². The number of carboxylic acid groups (broad SMARTS) is 1. The average molecular weight is 347 g/mol. The molecule has 0 aromatic heterocycles. The molecule has 0 spiro atoms. The van der Waals surface area contributed by atoms with E-state index in [1.165, 1.54) is 6.07 Å². The summed E-state index contributed by atoms with van der Waals surface area (Å²) in [5, 5.41) is 22.8. The average Bonchev–Trinajstić information content (AvgIpc) is 2.82. The van der Waals surface area contributed by atoms with Crippen LogP contribution in [0, 0.1) is 21.8 Å². The second-order valence-corrected chi connectivity index (χ2v) is 5.58. The van der Waals surface area contributed by atoms with Crippen LogP contribution in [-0.2, 0) is 4.79 Å². The lowest BCUT2D eigenvalue weighted by Gasteiger charge is -2.14. The summed E-state index contributed by atoms with van der Waals surface area (Å²) in [5.41, 5.74) is -0.163. The van der Waals surface area contributed by atoms with Crippen molar-refractivity contribution in [1.82, 2.24) is 0 Å². The van der Waals surface area contributed by atoms with Crippen molar-refractivity contribution in [2.24, 2.45) is 5.92 Å². The minimum atomic E-state index is -0.857. The first-order valence-corrected chi connectivity index (χ1v) is 6.80. The largest absolute Gasteiger partial charge is 0.481 e. The Labute approximate surface area is 122 Å². The third kappa shape index (κ3) is 3.06. The molecule has 0 heterocycles. The number of rotatable bonds is 4. The fourth-order valence-electron chi connectivity index (χ4n) is 2.36. The fraction of sp³-hybridized carbons (Fsp3) is 0.417. The Morgan fingerprint density at radius 2 is 2.20 bits per heavy atom. The zero-order valence-electron chi connectivity index (χ0n) is 10.3. The Morgan fingerprint density at radius 3 is 2.75 bits per heavy atom. The van der Waals surface area contributed by atoms with Gasteiger partial charge in [-0.05, 0) is 41.3 Å². The molecular weight excluding hydrogens is 335 g/mol. The molecule has 1 fully saturated rings. The molecule has 1 aromatic rings. The van der Waals surface area contributed by atoms with Gasteiger partial charge in [0.15, 0.2) is 0 Å². The van der Waals surface area contributed by atoms with Crippen molar-refractivity contribution in [2.45, 2.75) is 25.3 Å². The highest BCUT2D eigenvalue weighted by atomic mass is 79.9. The van der Waals surface area contributed by atoms with Crippen LogP contribution in [0.1, 0.15) is 19.3 Å². The van der Waals surface area contributed by atoms with Gasteiger partial charge < -0.3 is 10.4 Å². The summed E-state index contributed by atoms with van der Waals surface area (Å²) in [6, 6.07) is 1.99. The molecule has 2 rings (SSSR count). The second kappa shape index (κ2) is 5.74. The standard InChI is InChI=1S/C12H12BrFN2O4/c13-8-4-10(11(16(19)20)5-9(8)14)15-7-2-1-6(3-7)12(17)18/h4-7,15H,1-3H2,(H,17,18)/t6-,7+/m1/s1. The summed E-state index contributed by atoms with van der Waals surface area (Å²) < 4.78 is 13.5. The molecular formula is C12H12BrFN2O4. The minimum absolute atomic E-state index is 0.124. The molecule has 20 heavy (non-hydrogen) atoms. The van der Waals surface area contributed by atoms with Crippen molar-refractivity contribution in [1.29, 1.82) is 0 Å². The molecule has 2 N–H and O–H groups in total. The molecule has 1 aliphatic carbocycles. The van der Waals surface area contributed by atoms with Crippen LogP contribution in [-0.4, -0.2) is 22.0 Å². The quantitative estimate of drug-likeness (QED) is 0.645. The van der Waals surface area contributed by atoms with Crippen molar-refractivity contribution in [3.63, 3.8) is 0 Å². The molecule has 1 aromatic carbocycles. The van der Waals surface area contributed by atoms with Crippen LogP contribution in [0.5, 0.6) is 0 Å². The van der Waals surface area contributed by atoms with E-state index in [1.807, 2.05) is 0 Å². The first-order valence-electron chi connectivity index (χ1n) is 6.01. The van der Waals surface area contributed by atoms with Gasteiger partial charge in [-0.3, -0.25) is 14.9 Å². The van der Waals surface area contributed by atoms with E-state index < -0.39 is 22.6 Å². The van der Waals surface area contributed by atoms with Crippen molar-refractivity contribution < 1.29 is 19.2 Å².